The van der Waals surface area contributed by atoms with E-state index in [0.29, 0.717) is 23.1 Å². The van der Waals surface area contributed by atoms with Crippen molar-refractivity contribution in [1.29, 1.82) is 0 Å². The molecule has 0 aliphatic heterocycles. The molecule has 0 saturated heterocycles. The van der Waals surface area contributed by atoms with Crippen molar-refractivity contribution in [3.63, 3.8) is 0 Å². The standard InChI is InChI=1S/C12H9Br2N5OS/c1-5(15)12-17-8(4-21-12)11-18-10(19-20-11)9-7(14)2-6(13)3-16-9/h2-5H,15H2,1H3. The lowest BCUT2D eigenvalue weighted by Gasteiger charge is -1.97. The fraction of sp³-hybridized carbons (Fsp3) is 0.167. The molecule has 0 saturated carbocycles. The molecule has 21 heavy (non-hydrogen) atoms. The molecular weight excluding hydrogens is 422 g/mol. The van der Waals surface area contributed by atoms with E-state index in [4.69, 9.17) is 10.3 Å². The van der Waals surface area contributed by atoms with Gasteiger partial charge in [-0.2, -0.15) is 4.98 Å². The lowest BCUT2D eigenvalue weighted by atomic mass is 10.3. The van der Waals surface area contributed by atoms with Gasteiger partial charge in [-0.1, -0.05) is 5.16 Å². The van der Waals surface area contributed by atoms with E-state index in [2.05, 4.69) is 52.0 Å². The monoisotopic (exact) mass is 429 g/mol. The smallest absolute Gasteiger partial charge is 0.277 e. The van der Waals surface area contributed by atoms with Crippen molar-refractivity contribution in [2.45, 2.75) is 13.0 Å². The molecule has 0 aromatic carbocycles. The zero-order valence-electron chi connectivity index (χ0n) is 10.7. The number of hydrogen-bond acceptors (Lipinski definition) is 7. The summed E-state index contributed by atoms with van der Waals surface area (Å²) in [7, 11) is 0. The van der Waals surface area contributed by atoms with Crippen molar-refractivity contribution in [1.82, 2.24) is 20.1 Å². The maximum Gasteiger partial charge on any atom is 0.277 e. The summed E-state index contributed by atoms with van der Waals surface area (Å²) in [6, 6.07) is 1.75. The van der Waals surface area contributed by atoms with E-state index in [9.17, 15) is 0 Å². The normalized spacial score (nSPS) is 12.6. The summed E-state index contributed by atoms with van der Waals surface area (Å²) in [6.07, 6.45) is 1.67. The predicted octanol–water partition coefficient (Wildman–Crippen LogP) is 3.80. The molecule has 0 aliphatic carbocycles. The summed E-state index contributed by atoms with van der Waals surface area (Å²) in [4.78, 5) is 13.0. The minimum Gasteiger partial charge on any atom is -0.332 e. The number of aromatic nitrogens is 4. The van der Waals surface area contributed by atoms with Gasteiger partial charge in [0.05, 0.1) is 6.04 Å². The third kappa shape index (κ3) is 3.05. The molecule has 0 radical (unpaired) electrons. The first kappa shape index (κ1) is 14.8. The van der Waals surface area contributed by atoms with Crippen molar-refractivity contribution in [3.8, 4) is 23.1 Å². The molecule has 3 aromatic rings. The molecule has 9 heteroatoms. The first-order valence-electron chi connectivity index (χ1n) is 5.91. The van der Waals surface area contributed by atoms with Gasteiger partial charge < -0.3 is 10.3 Å². The minimum atomic E-state index is -0.117. The van der Waals surface area contributed by atoms with Crippen molar-refractivity contribution in [2.75, 3.05) is 0 Å². The second-order valence-electron chi connectivity index (χ2n) is 4.27. The van der Waals surface area contributed by atoms with Crippen LogP contribution >= 0.6 is 43.2 Å². The average Bonchev–Trinajstić information content (AvgIpc) is 3.07. The Balaban J connectivity index is 1.95. The lowest BCUT2D eigenvalue weighted by molar-refractivity contribution is 0.431. The fourth-order valence-corrected chi connectivity index (χ4v) is 3.51. The predicted molar refractivity (Wildman–Crippen MR) is 86.6 cm³/mol. The van der Waals surface area contributed by atoms with E-state index in [1.807, 2.05) is 18.4 Å². The molecule has 0 spiro atoms. The van der Waals surface area contributed by atoms with Crippen LogP contribution in [0.3, 0.4) is 0 Å². The Morgan fingerprint density at radius 1 is 1.33 bits per heavy atom. The highest BCUT2D eigenvalue weighted by atomic mass is 79.9. The Morgan fingerprint density at radius 3 is 2.81 bits per heavy atom. The van der Waals surface area contributed by atoms with Gasteiger partial charge >= 0.3 is 0 Å². The van der Waals surface area contributed by atoms with Gasteiger partial charge in [-0.15, -0.1) is 11.3 Å². The lowest BCUT2D eigenvalue weighted by Crippen LogP contribution is -2.03. The first-order chi connectivity index (χ1) is 10.0. The number of hydrogen-bond donors (Lipinski definition) is 1. The van der Waals surface area contributed by atoms with Crippen LogP contribution in [0.5, 0.6) is 0 Å². The van der Waals surface area contributed by atoms with Crippen LogP contribution in [-0.2, 0) is 0 Å². The summed E-state index contributed by atoms with van der Waals surface area (Å²) >= 11 is 8.25. The molecule has 108 valence electrons. The van der Waals surface area contributed by atoms with Gasteiger partial charge in [0.25, 0.3) is 5.89 Å². The highest BCUT2D eigenvalue weighted by Gasteiger charge is 2.17. The highest BCUT2D eigenvalue weighted by molar-refractivity contribution is 9.11. The maximum absolute atomic E-state index is 5.80. The quantitative estimate of drug-likeness (QED) is 0.679. The summed E-state index contributed by atoms with van der Waals surface area (Å²) in [5.74, 6) is 0.754. The number of nitrogens with two attached hydrogens (primary N) is 1. The van der Waals surface area contributed by atoms with E-state index in [0.717, 1.165) is 14.0 Å². The van der Waals surface area contributed by atoms with E-state index in [-0.39, 0.29) is 6.04 Å². The van der Waals surface area contributed by atoms with Crippen molar-refractivity contribution in [2.24, 2.45) is 5.73 Å². The van der Waals surface area contributed by atoms with E-state index >= 15 is 0 Å². The van der Waals surface area contributed by atoms with Crippen LogP contribution in [0.25, 0.3) is 23.1 Å². The van der Waals surface area contributed by atoms with Crippen LogP contribution in [0.1, 0.15) is 18.0 Å². The summed E-state index contributed by atoms with van der Waals surface area (Å²) < 4.78 is 6.89. The minimum absolute atomic E-state index is 0.117. The molecule has 6 nitrogen and oxygen atoms in total. The van der Waals surface area contributed by atoms with Gasteiger partial charge in [-0.3, -0.25) is 4.98 Å². The summed E-state index contributed by atoms with van der Waals surface area (Å²) in [5.41, 5.74) is 7.03. The van der Waals surface area contributed by atoms with Gasteiger partial charge in [0.1, 0.15) is 16.4 Å². The number of thiazole rings is 1. The van der Waals surface area contributed by atoms with Crippen LogP contribution in [0.4, 0.5) is 0 Å². The molecule has 1 unspecified atom stereocenters. The fourth-order valence-electron chi connectivity index (χ4n) is 1.60. The Bertz CT molecular complexity index is 786. The molecule has 0 amide bonds. The van der Waals surface area contributed by atoms with Crippen LogP contribution in [0.2, 0.25) is 0 Å². The van der Waals surface area contributed by atoms with Crippen LogP contribution in [-0.4, -0.2) is 20.1 Å². The van der Waals surface area contributed by atoms with E-state index in [1.165, 1.54) is 11.3 Å². The molecular formula is C12H9Br2N5OS. The third-order valence-corrected chi connectivity index (χ3v) is 4.66. The van der Waals surface area contributed by atoms with Gasteiger partial charge in [-0.05, 0) is 44.8 Å². The Labute approximate surface area is 141 Å². The Morgan fingerprint density at radius 2 is 2.14 bits per heavy atom. The maximum atomic E-state index is 5.80. The third-order valence-electron chi connectivity index (χ3n) is 2.58. The summed E-state index contributed by atoms with van der Waals surface area (Å²) in [5, 5.41) is 6.62. The number of rotatable bonds is 3. The first-order valence-corrected chi connectivity index (χ1v) is 8.37. The number of halogens is 2. The van der Waals surface area contributed by atoms with Crippen molar-refractivity contribution < 1.29 is 4.52 Å². The molecule has 3 rings (SSSR count). The largest absolute Gasteiger partial charge is 0.332 e. The van der Waals surface area contributed by atoms with Gasteiger partial charge in [-0.25, -0.2) is 4.98 Å². The van der Waals surface area contributed by atoms with Crippen LogP contribution < -0.4 is 5.73 Å². The summed E-state index contributed by atoms with van der Waals surface area (Å²) in [6.45, 7) is 1.88. The van der Waals surface area contributed by atoms with Crippen LogP contribution in [0.15, 0.2) is 31.1 Å². The molecule has 3 aromatic heterocycles. The Kier molecular flexibility index (Phi) is 4.16. The Hall–Kier alpha value is -1.16. The van der Waals surface area contributed by atoms with E-state index in [1.54, 1.807) is 6.20 Å². The number of pyridine rings is 1. The zero-order valence-corrected chi connectivity index (χ0v) is 14.7. The zero-order chi connectivity index (χ0) is 15.0. The van der Waals surface area contributed by atoms with Crippen molar-refractivity contribution in [3.05, 3.63) is 31.6 Å². The van der Waals surface area contributed by atoms with E-state index < -0.39 is 0 Å². The second-order valence-corrected chi connectivity index (χ2v) is 6.93. The SMILES string of the molecule is CC(N)c1nc(-c2nc(-c3ncc(Br)cc3Br)no2)cs1. The molecule has 0 bridgehead atoms. The highest BCUT2D eigenvalue weighted by Crippen LogP contribution is 2.29. The average molecular weight is 431 g/mol. The van der Waals surface area contributed by atoms with Crippen molar-refractivity contribution >= 4 is 43.2 Å². The van der Waals surface area contributed by atoms with Gasteiger partial charge in [0.2, 0.25) is 5.82 Å². The van der Waals surface area contributed by atoms with Gasteiger partial charge in [0.15, 0.2) is 0 Å². The molecule has 0 fully saturated rings. The van der Waals surface area contributed by atoms with Gasteiger partial charge in [0, 0.05) is 20.5 Å². The number of nitrogens with zero attached hydrogens (tertiary/aromatic N) is 4. The molecule has 1 atom stereocenters. The molecule has 3 heterocycles. The van der Waals surface area contributed by atoms with Crippen LogP contribution in [0, 0.1) is 0 Å². The topological polar surface area (TPSA) is 90.7 Å². The second kappa shape index (κ2) is 5.91. The molecule has 2 N–H and O–H groups in total. The molecule has 0 aliphatic rings.